The van der Waals surface area contributed by atoms with Crippen LogP contribution in [0.25, 0.3) is 0 Å². The van der Waals surface area contributed by atoms with Crippen LogP contribution in [-0.2, 0) is 0 Å². The zero-order valence-electron chi connectivity index (χ0n) is 13.2. The molecule has 0 spiro atoms. The van der Waals surface area contributed by atoms with Crippen molar-refractivity contribution >= 4 is 11.6 Å². The number of nitrogens with one attached hydrogen (secondary N) is 1. The molecule has 0 bridgehead atoms. The fraction of sp³-hybridized carbons (Fsp3) is 0.588. The summed E-state index contributed by atoms with van der Waals surface area (Å²) < 4.78 is 11.3. The number of hydrogen-bond acceptors (Lipinski definition) is 3. The summed E-state index contributed by atoms with van der Waals surface area (Å²) >= 11 is 0. The lowest BCUT2D eigenvalue weighted by atomic mass is 9.67. The lowest BCUT2D eigenvalue weighted by molar-refractivity contribution is 0.139. The van der Waals surface area contributed by atoms with Crippen molar-refractivity contribution < 1.29 is 9.47 Å². The number of anilines is 1. The molecule has 1 fully saturated rings. The maximum absolute atomic E-state index is 6.02. The molecule has 1 saturated carbocycles. The Balaban J connectivity index is 1.63. The first-order valence-electron chi connectivity index (χ1n) is 8.17. The van der Waals surface area contributed by atoms with Gasteiger partial charge in [0.1, 0.15) is 0 Å². The number of nitrogens with zero attached hydrogens (tertiary/aromatic N) is 1. The van der Waals surface area contributed by atoms with E-state index in [1.807, 2.05) is 18.2 Å². The molecular weight excluding hydrogens is 278 g/mol. The largest absolute Gasteiger partial charge is 0.490 e. The maximum atomic E-state index is 6.02. The highest BCUT2D eigenvalue weighted by Gasteiger charge is 2.34. The fourth-order valence-electron chi connectivity index (χ4n) is 2.98. The van der Waals surface area contributed by atoms with Gasteiger partial charge in [-0.15, -0.1) is 0 Å². The first-order valence-corrected chi connectivity index (χ1v) is 8.17. The van der Waals surface area contributed by atoms with Crippen LogP contribution in [0.5, 0.6) is 11.5 Å². The van der Waals surface area contributed by atoms with Gasteiger partial charge in [-0.05, 0) is 36.8 Å². The molecule has 22 heavy (non-hydrogen) atoms. The first-order chi connectivity index (χ1) is 10.7. The van der Waals surface area contributed by atoms with Gasteiger partial charge in [-0.2, -0.15) is 0 Å². The van der Waals surface area contributed by atoms with Crippen LogP contribution in [0.1, 0.15) is 39.0 Å². The molecule has 1 aromatic carbocycles. The number of hydrogen-bond donors (Lipinski definition) is 2. The van der Waals surface area contributed by atoms with Crippen molar-refractivity contribution in [3.63, 3.8) is 0 Å². The lowest BCUT2D eigenvalue weighted by Gasteiger charge is -2.40. The lowest BCUT2D eigenvalue weighted by Crippen LogP contribution is -2.33. The molecule has 0 saturated heterocycles. The molecule has 0 radical (unpaired) electrons. The van der Waals surface area contributed by atoms with E-state index in [2.05, 4.69) is 17.2 Å². The quantitative estimate of drug-likeness (QED) is 0.662. The van der Waals surface area contributed by atoms with Crippen LogP contribution >= 0.6 is 0 Å². The van der Waals surface area contributed by atoms with E-state index >= 15 is 0 Å². The molecule has 1 aliphatic heterocycles. The normalized spacial score (nSPS) is 20.0. The fourth-order valence-corrected chi connectivity index (χ4v) is 2.98. The monoisotopic (exact) mass is 303 g/mol. The smallest absolute Gasteiger partial charge is 0.193 e. The summed E-state index contributed by atoms with van der Waals surface area (Å²) in [4.78, 5) is 4.53. The highest BCUT2D eigenvalue weighted by molar-refractivity contribution is 5.92. The molecule has 5 heteroatoms. The van der Waals surface area contributed by atoms with Crippen molar-refractivity contribution in [3.8, 4) is 11.5 Å². The summed E-state index contributed by atoms with van der Waals surface area (Å²) in [7, 11) is 0. The topological polar surface area (TPSA) is 68.9 Å². The minimum atomic E-state index is 0.386. The summed E-state index contributed by atoms with van der Waals surface area (Å²) in [6, 6.07) is 5.77. The molecule has 5 nitrogen and oxygen atoms in total. The average molecular weight is 303 g/mol. The molecule has 2 aliphatic rings. The second-order valence-corrected chi connectivity index (χ2v) is 6.25. The van der Waals surface area contributed by atoms with E-state index in [0.717, 1.165) is 30.2 Å². The Bertz CT molecular complexity index is 547. The number of rotatable bonds is 4. The Morgan fingerprint density at radius 3 is 2.68 bits per heavy atom. The Labute approximate surface area is 131 Å². The van der Waals surface area contributed by atoms with Crippen LogP contribution in [0.15, 0.2) is 23.2 Å². The Kier molecular flexibility index (Phi) is 4.41. The van der Waals surface area contributed by atoms with Crippen LogP contribution < -0.4 is 20.5 Å². The van der Waals surface area contributed by atoms with Gasteiger partial charge < -0.3 is 20.5 Å². The van der Waals surface area contributed by atoms with E-state index in [1.165, 1.54) is 25.7 Å². The summed E-state index contributed by atoms with van der Waals surface area (Å²) in [5.41, 5.74) is 7.29. The van der Waals surface area contributed by atoms with Gasteiger partial charge in [-0.25, -0.2) is 0 Å². The number of guanidine groups is 1. The first kappa shape index (κ1) is 15.0. The molecular formula is C17H25N3O2. The third-order valence-corrected chi connectivity index (χ3v) is 4.77. The van der Waals surface area contributed by atoms with Crippen molar-refractivity contribution in [3.05, 3.63) is 18.2 Å². The SMILES string of the molecule is CCC1(CN=C(N)Nc2ccc3c(c2)OCCCO3)CCC1. The number of benzene rings is 1. The summed E-state index contributed by atoms with van der Waals surface area (Å²) in [6.07, 6.45) is 5.93. The van der Waals surface area contributed by atoms with Crippen LogP contribution in [0.3, 0.4) is 0 Å². The van der Waals surface area contributed by atoms with E-state index < -0.39 is 0 Å². The molecule has 0 unspecified atom stereocenters. The Morgan fingerprint density at radius 2 is 2.00 bits per heavy atom. The van der Waals surface area contributed by atoms with E-state index in [1.54, 1.807) is 0 Å². The highest BCUT2D eigenvalue weighted by Crippen LogP contribution is 2.43. The number of fused-ring (bicyclic) bond motifs is 1. The van der Waals surface area contributed by atoms with Crippen LogP contribution in [0.4, 0.5) is 5.69 Å². The molecule has 0 aromatic heterocycles. The van der Waals surface area contributed by atoms with Gasteiger partial charge in [0.05, 0.1) is 13.2 Å². The molecule has 0 amide bonds. The van der Waals surface area contributed by atoms with Crippen LogP contribution in [-0.4, -0.2) is 25.7 Å². The number of nitrogens with two attached hydrogens (primary N) is 1. The molecule has 1 aliphatic carbocycles. The Hall–Kier alpha value is -1.91. The van der Waals surface area contributed by atoms with Gasteiger partial charge in [-0.1, -0.05) is 13.3 Å². The zero-order chi connectivity index (χ0) is 15.4. The van der Waals surface area contributed by atoms with Crippen molar-refractivity contribution in [2.45, 2.75) is 39.0 Å². The van der Waals surface area contributed by atoms with Gasteiger partial charge in [-0.3, -0.25) is 4.99 Å². The predicted molar refractivity (Wildman–Crippen MR) is 88.7 cm³/mol. The van der Waals surface area contributed by atoms with E-state index in [9.17, 15) is 0 Å². The molecule has 3 rings (SSSR count). The third-order valence-electron chi connectivity index (χ3n) is 4.77. The van der Waals surface area contributed by atoms with Crippen molar-refractivity contribution in [1.29, 1.82) is 0 Å². The molecule has 0 atom stereocenters. The maximum Gasteiger partial charge on any atom is 0.193 e. The standard InChI is InChI=1S/C17H25N3O2/c1-2-17(7-3-8-17)12-19-16(18)20-13-5-6-14-15(11-13)22-10-4-9-21-14/h5-6,11H,2-4,7-10,12H2,1H3,(H3,18,19,20). The zero-order valence-corrected chi connectivity index (χ0v) is 13.2. The second kappa shape index (κ2) is 6.46. The van der Waals surface area contributed by atoms with Gasteiger partial charge in [0.2, 0.25) is 0 Å². The highest BCUT2D eigenvalue weighted by atomic mass is 16.5. The van der Waals surface area contributed by atoms with Crippen molar-refractivity contribution in [2.24, 2.45) is 16.1 Å². The molecule has 1 heterocycles. The third kappa shape index (κ3) is 3.29. The van der Waals surface area contributed by atoms with Crippen LogP contribution in [0.2, 0.25) is 0 Å². The van der Waals surface area contributed by atoms with Crippen LogP contribution in [0, 0.1) is 5.41 Å². The van der Waals surface area contributed by atoms with Crippen molar-refractivity contribution in [2.75, 3.05) is 25.1 Å². The van der Waals surface area contributed by atoms with Crippen molar-refractivity contribution in [1.82, 2.24) is 0 Å². The van der Waals surface area contributed by atoms with E-state index in [4.69, 9.17) is 15.2 Å². The van der Waals surface area contributed by atoms with Gasteiger partial charge in [0.25, 0.3) is 0 Å². The second-order valence-electron chi connectivity index (χ2n) is 6.25. The van der Waals surface area contributed by atoms with E-state index in [0.29, 0.717) is 24.6 Å². The minimum Gasteiger partial charge on any atom is -0.490 e. The number of ether oxygens (including phenoxy) is 2. The molecule has 120 valence electrons. The summed E-state index contributed by atoms with van der Waals surface area (Å²) in [6.45, 7) is 4.43. The van der Waals surface area contributed by atoms with Gasteiger partial charge in [0, 0.05) is 24.7 Å². The predicted octanol–water partition coefficient (Wildman–Crippen LogP) is 3.15. The van der Waals surface area contributed by atoms with Gasteiger partial charge >= 0.3 is 0 Å². The molecule has 3 N–H and O–H groups in total. The Morgan fingerprint density at radius 1 is 1.23 bits per heavy atom. The van der Waals surface area contributed by atoms with E-state index in [-0.39, 0.29) is 0 Å². The van der Waals surface area contributed by atoms with Gasteiger partial charge in [0.15, 0.2) is 17.5 Å². The summed E-state index contributed by atoms with van der Waals surface area (Å²) in [5, 5.41) is 3.15. The minimum absolute atomic E-state index is 0.386. The molecule has 1 aromatic rings. The summed E-state index contributed by atoms with van der Waals surface area (Å²) in [5.74, 6) is 2.02. The number of aliphatic imine (C=N–C) groups is 1. The average Bonchev–Trinajstić information content (AvgIpc) is 2.71.